The Bertz CT molecular complexity index is 255. The lowest BCUT2D eigenvalue weighted by Gasteiger charge is -2.13. The molecule has 0 aliphatic heterocycles. The second-order valence-electron chi connectivity index (χ2n) is 3.95. The van der Waals surface area contributed by atoms with E-state index < -0.39 is 0 Å². The molecule has 0 bridgehead atoms. The summed E-state index contributed by atoms with van der Waals surface area (Å²) in [5.74, 6) is 0.502. The zero-order chi connectivity index (χ0) is 9.10. The lowest BCUT2D eigenvalue weighted by molar-refractivity contribution is 0.132. The molecule has 0 unspecified atom stereocenters. The van der Waals surface area contributed by atoms with Crippen LogP contribution in [0.4, 0.5) is 0 Å². The average molecular weight is 176 g/mol. The first-order valence-electron chi connectivity index (χ1n) is 5.08. The number of benzene rings is 1. The quantitative estimate of drug-likeness (QED) is 0.733. The van der Waals surface area contributed by atoms with Crippen LogP contribution in [0, 0.1) is 5.92 Å². The normalized spacial score (nSPS) is 27.8. The molecule has 1 N–H and O–H groups in total. The van der Waals surface area contributed by atoms with Gasteiger partial charge in [0.25, 0.3) is 0 Å². The van der Waals surface area contributed by atoms with Crippen LogP contribution < -0.4 is 0 Å². The first-order valence-corrected chi connectivity index (χ1v) is 5.08. The molecule has 0 spiro atoms. The molecule has 0 radical (unpaired) electrons. The highest BCUT2D eigenvalue weighted by Crippen LogP contribution is 2.28. The van der Waals surface area contributed by atoms with Crippen LogP contribution in [0.2, 0.25) is 0 Å². The van der Waals surface area contributed by atoms with E-state index in [4.69, 9.17) is 0 Å². The summed E-state index contributed by atoms with van der Waals surface area (Å²) in [5.41, 5.74) is 1.36. The maximum Gasteiger partial charge on any atom is 0.0571 e. The zero-order valence-corrected chi connectivity index (χ0v) is 7.82. The highest BCUT2D eigenvalue weighted by molar-refractivity contribution is 5.15. The second kappa shape index (κ2) is 3.93. The van der Waals surface area contributed by atoms with Crippen molar-refractivity contribution in [3.05, 3.63) is 35.9 Å². The van der Waals surface area contributed by atoms with Crippen molar-refractivity contribution < 1.29 is 5.11 Å². The van der Waals surface area contributed by atoms with Crippen LogP contribution in [-0.2, 0) is 6.42 Å². The molecule has 2 atom stereocenters. The fourth-order valence-corrected chi connectivity index (χ4v) is 2.17. The van der Waals surface area contributed by atoms with Crippen LogP contribution in [0.3, 0.4) is 0 Å². The number of rotatable bonds is 2. The van der Waals surface area contributed by atoms with Gasteiger partial charge >= 0.3 is 0 Å². The van der Waals surface area contributed by atoms with E-state index in [1.165, 1.54) is 18.4 Å². The van der Waals surface area contributed by atoms with Gasteiger partial charge in [0.05, 0.1) is 6.10 Å². The first-order chi connectivity index (χ1) is 6.36. The van der Waals surface area contributed by atoms with E-state index in [1.54, 1.807) is 0 Å². The van der Waals surface area contributed by atoms with Crippen molar-refractivity contribution in [2.24, 2.45) is 5.92 Å². The topological polar surface area (TPSA) is 20.2 Å². The first kappa shape index (κ1) is 8.76. The number of hydrogen-bond acceptors (Lipinski definition) is 1. The van der Waals surface area contributed by atoms with Gasteiger partial charge < -0.3 is 5.11 Å². The lowest BCUT2D eigenvalue weighted by Crippen LogP contribution is -2.15. The van der Waals surface area contributed by atoms with E-state index >= 15 is 0 Å². The van der Waals surface area contributed by atoms with E-state index in [-0.39, 0.29) is 6.10 Å². The molecule has 0 amide bonds. The summed E-state index contributed by atoms with van der Waals surface area (Å²) in [5, 5.41) is 9.65. The molecule has 1 aliphatic carbocycles. The molecular formula is C12H16O. The molecule has 13 heavy (non-hydrogen) atoms. The molecule has 1 nitrogen and oxygen atoms in total. The van der Waals surface area contributed by atoms with Crippen LogP contribution in [0.5, 0.6) is 0 Å². The summed E-state index contributed by atoms with van der Waals surface area (Å²) in [6, 6.07) is 10.5. The van der Waals surface area contributed by atoms with Crippen molar-refractivity contribution >= 4 is 0 Å². The third kappa shape index (κ3) is 2.10. The average Bonchev–Trinajstić information content (AvgIpc) is 2.54. The van der Waals surface area contributed by atoms with Gasteiger partial charge in [-0.3, -0.25) is 0 Å². The minimum absolute atomic E-state index is 0.0554. The minimum atomic E-state index is -0.0554. The van der Waals surface area contributed by atoms with E-state index in [0.717, 1.165) is 12.8 Å². The van der Waals surface area contributed by atoms with Gasteiger partial charge in [-0.2, -0.15) is 0 Å². The van der Waals surface area contributed by atoms with Crippen molar-refractivity contribution in [3.63, 3.8) is 0 Å². The van der Waals surface area contributed by atoms with Gasteiger partial charge in [0.1, 0.15) is 0 Å². The minimum Gasteiger partial charge on any atom is -0.393 e. The Hall–Kier alpha value is -0.820. The molecule has 1 heteroatoms. The highest BCUT2D eigenvalue weighted by atomic mass is 16.3. The van der Waals surface area contributed by atoms with E-state index in [1.807, 2.05) is 6.07 Å². The second-order valence-corrected chi connectivity index (χ2v) is 3.95. The fourth-order valence-electron chi connectivity index (χ4n) is 2.17. The van der Waals surface area contributed by atoms with Crippen molar-refractivity contribution in [2.75, 3.05) is 0 Å². The summed E-state index contributed by atoms with van der Waals surface area (Å²) in [7, 11) is 0. The van der Waals surface area contributed by atoms with Crippen LogP contribution >= 0.6 is 0 Å². The third-order valence-electron chi connectivity index (χ3n) is 2.96. The summed E-state index contributed by atoms with van der Waals surface area (Å²) in [6.45, 7) is 0. The number of aliphatic hydroxyl groups is 1. The van der Waals surface area contributed by atoms with Gasteiger partial charge in [0.2, 0.25) is 0 Å². The van der Waals surface area contributed by atoms with Crippen molar-refractivity contribution in [2.45, 2.75) is 31.8 Å². The van der Waals surface area contributed by atoms with E-state index in [0.29, 0.717) is 5.92 Å². The van der Waals surface area contributed by atoms with Crippen molar-refractivity contribution in [1.29, 1.82) is 0 Å². The highest BCUT2D eigenvalue weighted by Gasteiger charge is 2.24. The van der Waals surface area contributed by atoms with Gasteiger partial charge in [-0.25, -0.2) is 0 Å². The smallest absolute Gasteiger partial charge is 0.0571 e. The Morgan fingerprint density at radius 3 is 2.54 bits per heavy atom. The van der Waals surface area contributed by atoms with Gasteiger partial charge in [-0.15, -0.1) is 0 Å². The van der Waals surface area contributed by atoms with Gasteiger partial charge in [0.15, 0.2) is 0 Å². The lowest BCUT2D eigenvalue weighted by atomic mass is 9.96. The Labute approximate surface area is 79.4 Å². The van der Waals surface area contributed by atoms with Crippen molar-refractivity contribution in [1.82, 2.24) is 0 Å². The predicted octanol–water partition coefficient (Wildman–Crippen LogP) is 2.39. The standard InChI is InChI=1S/C12H16O/c13-12-8-4-7-11(12)9-10-5-2-1-3-6-10/h1-3,5-6,11-13H,4,7-9H2/t11-,12-/m1/s1. The van der Waals surface area contributed by atoms with Crippen LogP contribution in [0.1, 0.15) is 24.8 Å². The summed E-state index contributed by atoms with van der Waals surface area (Å²) in [4.78, 5) is 0. The summed E-state index contributed by atoms with van der Waals surface area (Å²) >= 11 is 0. The maximum atomic E-state index is 9.65. The summed E-state index contributed by atoms with van der Waals surface area (Å²) in [6.07, 6.45) is 4.37. The number of hydrogen-bond donors (Lipinski definition) is 1. The molecule has 2 rings (SSSR count). The van der Waals surface area contributed by atoms with Crippen LogP contribution in [0.25, 0.3) is 0 Å². The van der Waals surface area contributed by atoms with Crippen molar-refractivity contribution in [3.8, 4) is 0 Å². The van der Waals surface area contributed by atoms with Crippen LogP contribution in [-0.4, -0.2) is 11.2 Å². The predicted molar refractivity (Wildman–Crippen MR) is 53.5 cm³/mol. The molecule has 1 saturated carbocycles. The Morgan fingerprint density at radius 2 is 1.92 bits per heavy atom. The SMILES string of the molecule is O[C@@H]1CCC[C@@H]1Cc1ccccc1. The van der Waals surface area contributed by atoms with E-state index in [2.05, 4.69) is 24.3 Å². The van der Waals surface area contributed by atoms with Gasteiger partial charge in [-0.05, 0) is 30.7 Å². The molecular weight excluding hydrogens is 160 g/mol. The van der Waals surface area contributed by atoms with Gasteiger partial charge in [0, 0.05) is 0 Å². The van der Waals surface area contributed by atoms with E-state index in [9.17, 15) is 5.11 Å². The zero-order valence-electron chi connectivity index (χ0n) is 7.82. The van der Waals surface area contributed by atoms with Crippen LogP contribution in [0.15, 0.2) is 30.3 Å². The van der Waals surface area contributed by atoms with Gasteiger partial charge in [-0.1, -0.05) is 36.8 Å². The summed E-state index contributed by atoms with van der Waals surface area (Å²) < 4.78 is 0. The molecule has 0 heterocycles. The molecule has 1 aromatic rings. The Kier molecular flexibility index (Phi) is 2.65. The fraction of sp³-hybridized carbons (Fsp3) is 0.500. The molecule has 1 aliphatic rings. The maximum absolute atomic E-state index is 9.65. The molecule has 70 valence electrons. The monoisotopic (exact) mass is 176 g/mol. The molecule has 1 fully saturated rings. The Morgan fingerprint density at radius 1 is 1.15 bits per heavy atom. The number of aliphatic hydroxyl groups excluding tert-OH is 1. The molecule has 0 aromatic heterocycles. The molecule has 1 aromatic carbocycles. The molecule has 0 saturated heterocycles. The largest absolute Gasteiger partial charge is 0.393 e. The third-order valence-corrected chi connectivity index (χ3v) is 2.96. The Balaban J connectivity index is 1.98.